The van der Waals surface area contributed by atoms with E-state index in [-0.39, 0.29) is 5.15 Å². The molecule has 1 aliphatic carbocycles. The smallest absolute Gasteiger partial charge is 0.149 e. The Bertz CT molecular complexity index is 405. The second kappa shape index (κ2) is 5.18. The van der Waals surface area contributed by atoms with Crippen molar-refractivity contribution >= 4 is 17.4 Å². The zero-order valence-corrected chi connectivity index (χ0v) is 9.80. The van der Waals surface area contributed by atoms with Crippen molar-refractivity contribution < 1.29 is 0 Å². The molecular weight excluding hydrogens is 222 g/mol. The Hall–Kier alpha value is -1.27. The van der Waals surface area contributed by atoms with Crippen LogP contribution in [0.2, 0.25) is 5.15 Å². The summed E-state index contributed by atoms with van der Waals surface area (Å²) in [7, 11) is 0. The zero-order valence-electron chi connectivity index (χ0n) is 9.04. The zero-order chi connectivity index (χ0) is 11.4. The summed E-state index contributed by atoms with van der Waals surface area (Å²) in [6.07, 6.45) is 6.28. The fourth-order valence-corrected chi connectivity index (χ4v) is 2.25. The number of aromatic nitrogens is 1. The summed E-state index contributed by atoms with van der Waals surface area (Å²) in [5, 5.41) is 12.4. The molecule has 1 fully saturated rings. The summed E-state index contributed by atoms with van der Waals surface area (Å²) in [6, 6.07) is 6.04. The van der Waals surface area contributed by atoms with Gasteiger partial charge in [-0.25, -0.2) is 4.98 Å². The summed E-state index contributed by atoms with van der Waals surface area (Å²) in [5.41, 5.74) is 0.427. The highest BCUT2D eigenvalue weighted by molar-refractivity contribution is 6.30. The number of anilines is 1. The highest BCUT2D eigenvalue weighted by atomic mass is 35.5. The summed E-state index contributed by atoms with van der Waals surface area (Å²) in [4.78, 5) is 4.17. The minimum absolute atomic E-state index is 0.281. The average Bonchev–Trinajstić information content (AvgIpc) is 2.31. The van der Waals surface area contributed by atoms with Crippen molar-refractivity contribution in [1.82, 2.24) is 4.98 Å². The van der Waals surface area contributed by atoms with E-state index in [4.69, 9.17) is 16.9 Å². The van der Waals surface area contributed by atoms with Crippen LogP contribution in [0.5, 0.6) is 0 Å². The van der Waals surface area contributed by atoms with Crippen LogP contribution in [0, 0.1) is 11.3 Å². The monoisotopic (exact) mass is 235 g/mol. The third-order valence-electron chi connectivity index (χ3n) is 2.93. The van der Waals surface area contributed by atoms with Gasteiger partial charge in [0.05, 0.1) is 5.56 Å². The van der Waals surface area contributed by atoms with Gasteiger partial charge in [-0.15, -0.1) is 0 Å². The van der Waals surface area contributed by atoms with Crippen LogP contribution < -0.4 is 5.32 Å². The molecular formula is C12H14ClN3. The van der Waals surface area contributed by atoms with Gasteiger partial charge in [0.15, 0.2) is 0 Å². The SMILES string of the molecule is N#Cc1ccc(NC2CCCCC2)nc1Cl. The van der Waals surface area contributed by atoms with Crippen LogP contribution in [0.4, 0.5) is 5.82 Å². The van der Waals surface area contributed by atoms with Gasteiger partial charge in [-0.3, -0.25) is 0 Å². The molecule has 0 spiro atoms. The lowest BCUT2D eigenvalue weighted by Gasteiger charge is -2.23. The highest BCUT2D eigenvalue weighted by Crippen LogP contribution is 2.22. The molecule has 3 nitrogen and oxygen atoms in total. The molecule has 1 aliphatic rings. The summed E-state index contributed by atoms with van der Waals surface area (Å²) in [5.74, 6) is 0.774. The van der Waals surface area contributed by atoms with Gasteiger partial charge in [0, 0.05) is 6.04 Å². The van der Waals surface area contributed by atoms with E-state index in [1.807, 2.05) is 12.1 Å². The van der Waals surface area contributed by atoms with Crippen molar-refractivity contribution in [3.05, 3.63) is 22.8 Å². The molecule has 2 rings (SSSR count). The number of hydrogen-bond acceptors (Lipinski definition) is 3. The second-order valence-electron chi connectivity index (χ2n) is 4.13. The van der Waals surface area contributed by atoms with Gasteiger partial charge in [-0.05, 0) is 25.0 Å². The first kappa shape index (κ1) is 11.2. The standard InChI is InChI=1S/C12H14ClN3/c13-12-9(8-14)6-7-11(16-12)15-10-4-2-1-3-5-10/h6-7,10H,1-5H2,(H,15,16). The van der Waals surface area contributed by atoms with Crippen molar-refractivity contribution in [1.29, 1.82) is 5.26 Å². The Morgan fingerprint density at radius 1 is 1.31 bits per heavy atom. The minimum Gasteiger partial charge on any atom is -0.367 e. The van der Waals surface area contributed by atoms with Crippen LogP contribution in [0.3, 0.4) is 0 Å². The number of rotatable bonds is 2. The molecule has 0 saturated heterocycles. The number of pyridine rings is 1. The summed E-state index contributed by atoms with van der Waals surface area (Å²) < 4.78 is 0. The maximum atomic E-state index is 8.74. The highest BCUT2D eigenvalue weighted by Gasteiger charge is 2.13. The minimum atomic E-state index is 0.281. The summed E-state index contributed by atoms with van der Waals surface area (Å²) >= 11 is 5.87. The third kappa shape index (κ3) is 2.65. The fourth-order valence-electron chi connectivity index (χ4n) is 2.05. The Kier molecular flexibility index (Phi) is 3.63. The van der Waals surface area contributed by atoms with E-state index in [1.54, 1.807) is 6.07 Å². The van der Waals surface area contributed by atoms with Gasteiger partial charge < -0.3 is 5.32 Å². The molecule has 0 radical (unpaired) electrons. The first-order valence-corrected chi connectivity index (χ1v) is 6.00. The van der Waals surface area contributed by atoms with E-state index in [2.05, 4.69) is 10.3 Å². The molecule has 4 heteroatoms. The molecule has 16 heavy (non-hydrogen) atoms. The molecule has 0 atom stereocenters. The van der Waals surface area contributed by atoms with Crippen molar-refractivity contribution in [2.24, 2.45) is 0 Å². The molecule has 0 aromatic carbocycles. The van der Waals surface area contributed by atoms with Gasteiger partial charge in [0.25, 0.3) is 0 Å². The van der Waals surface area contributed by atoms with Crippen molar-refractivity contribution in [3.63, 3.8) is 0 Å². The van der Waals surface area contributed by atoms with Gasteiger partial charge in [-0.2, -0.15) is 5.26 Å². The van der Waals surface area contributed by atoms with Gasteiger partial charge in [-0.1, -0.05) is 30.9 Å². The van der Waals surface area contributed by atoms with Crippen LogP contribution in [0.1, 0.15) is 37.7 Å². The van der Waals surface area contributed by atoms with Crippen LogP contribution in [-0.4, -0.2) is 11.0 Å². The second-order valence-corrected chi connectivity index (χ2v) is 4.48. The molecule has 0 unspecified atom stereocenters. The molecule has 1 aromatic rings. The lowest BCUT2D eigenvalue weighted by atomic mass is 9.95. The normalized spacial score (nSPS) is 16.8. The van der Waals surface area contributed by atoms with Crippen molar-refractivity contribution in [2.45, 2.75) is 38.1 Å². The predicted octanol–water partition coefficient (Wildman–Crippen LogP) is 3.35. The Morgan fingerprint density at radius 3 is 2.69 bits per heavy atom. The quantitative estimate of drug-likeness (QED) is 0.800. The number of hydrogen-bond donors (Lipinski definition) is 1. The Labute approximate surface area is 100 Å². The van der Waals surface area contributed by atoms with Crippen molar-refractivity contribution in [3.8, 4) is 6.07 Å². The largest absolute Gasteiger partial charge is 0.367 e. The topological polar surface area (TPSA) is 48.7 Å². The first-order chi connectivity index (χ1) is 7.79. The van der Waals surface area contributed by atoms with Crippen LogP contribution >= 0.6 is 11.6 Å². The molecule has 84 valence electrons. The molecule has 0 aliphatic heterocycles. The van der Waals surface area contributed by atoms with Gasteiger partial charge >= 0.3 is 0 Å². The molecule has 0 bridgehead atoms. The number of nitriles is 1. The maximum Gasteiger partial charge on any atom is 0.149 e. The number of nitrogens with zero attached hydrogens (tertiary/aromatic N) is 2. The molecule has 1 aromatic heterocycles. The molecule has 1 heterocycles. The van der Waals surface area contributed by atoms with E-state index in [1.165, 1.54) is 32.1 Å². The molecule has 0 amide bonds. The summed E-state index contributed by atoms with van der Waals surface area (Å²) in [6.45, 7) is 0. The molecule has 1 N–H and O–H groups in total. The lowest BCUT2D eigenvalue weighted by molar-refractivity contribution is 0.462. The Morgan fingerprint density at radius 2 is 2.06 bits per heavy atom. The van der Waals surface area contributed by atoms with Crippen molar-refractivity contribution in [2.75, 3.05) is 5.32 Å². The maximum absolute atomic E-state index is 8.74. The lowest BCUT2D eigenvalue weighted by Crippen LogP contribution is -2.22. The van der Waals surface area contributed by atoms with E-state index >= 15 is 0 Å². The van der Waals surface area contributed by atoms with E-state index in [0.29, 0.717) is 11.6 Å². The number of nitrogens with one attached hydrogen (secondary N) is 1. The third-order valence-corrected chi connectivity index (χ3v) is 3.21. The average molecular weight is 236 g/mol. The first-order valence-electron chi connectivity index (χ1n) is 5.63. The molecule has 1 saturated carbocycles. The van der Waals surface area contributed by atoms with E-state index in [0.717, 1.165) is 5.82 Å². The number of halogens is 1. The van der Waals surface area contributed by atoms with Crippen LogP contribution in [0.15, 0.2) is 12.1 Å². The Balaban J connectivity index is 2.04. The van der Waals surface area contributed by atoms with Crippen LogP contribution in [0.25, 0.3) is 0 Å². The fraction of sp³-hybridized carbons (Fsp3) is 0.500. The predicted molar refractivity (Wildman–Crippen MR) is 64.5 cm³/mol. The van der Waals surface area contributed by atoms with Gasteiger partial charge in [0.1, 0.15) is 17.0 Å². The van der Waals surface area contributed by atoms with E-state index in [9.17, 15) is 0 Å². The van der Waals surface area contributed by atoms with Gasteiger partial charge in [0.2, 0.25) is 0 Å². The van der Waals surface area contributed by atoms with Crippen LogP contribution in [-0.2, 0) is 0 Å². The van der Waals surface area contributed by atoms with E-state index < -0.39 is 0 Å².